The number of nitrogens with zero attached hydrogens (tertiary/aromatic N) is 1. The highest BCUT2D eigenvalue weighted by atomic mass is 16.3. The lowest BCUT2D eigenvalue weighted by atomic mass is 9.89. The second-order valence-corrected chi connectivity index (χ2v) is 5.47. The van der Waals surface area contributed by atoms with E-state index in [1.165, 1.54) is 37.7 Å². The number of nitrogens with one attached hydrogen (secondary N) is 1. The van der Waals surface area contributed by atoms with Crippen LogP contribution in [0.1, 0.15) is 56.4 Å². The zero-order chi connectivity index (χ0) is 13.1. The number of benzene rings is 1. The Morgan fingerprint density at radius 2 is 2.11 bits per heavy atom. The molecule has 1 saturated carbocycles. The summed E-state index contributed by atoms with van der Waals surface area (Å²) in [4.78, 5) is 4.71. The zero-order valence-corrected chi connectivity index (χ0v) is 11.6. The van der Waals surface area contributed by atoms with E-state index in [0.29, 0.717) is 5.92 Å². The third-order valence-corrected chi connectivity index (χ3v) is 4.00. The second kappa shape index (κ2) is 5.74. The van der Waals surface area contributed by atoms with E-state index in [1.807, 2.05) is 0 Å². The lowest BCUT2D eigenvalue weighted by molar-refractivity contribution is 0.373. The number of hydrogen-bond acceptors (Lipinski definition) is 3. The second-order valence-electron chi connectivity index (χ2n) is 5.47. The number of oxazole rings is 1. The van der Waals surface area contributed by atoms with Gasteiger partial charge in [-0.15, -0.1) is 0 Å². The Balaban J connectivity index is 1.83. The summed E-state index contributed by atoms with van der Waals surface area (Å²) in [5.74, 6) is 1.49. The molecule has 0 bridgehead atoms. The van der Waals surface area contributed by atoms with Gasteiger partial charge in [-0.05, 0) is 37.1 Å². The summed E-state index contributed by atoms with van der Waals surface area (Å²) in [5, 5.41) is 3.34. The van der Waals surface area contributed by atoms with Crippen LogP contribution in [0.25, 0.3) is 11.1 Å². The summed E-state index contributed by atoms with van der Waals surface area (Å²) in [6.07, 6.45) is 6.46. The molecular formula is C16H22N2O. The van der Waals surface area contributed by atoms with Gasteiger partial charge in [0, 0.05) is 12.5 Å². The molecular weight excluding hydrogens is 236 g/mol. The molecule has 3 nitrogen and oxygen atoms in total. The van der Waals surface area contributed by atoms with Crippen molar-refractivity contribution in [2.45, 2.75) is 51.5 Å². The van der Waals surface area contributed by atoms with Gasteiger partial charge in [0.2, 0.25) is 0 Å². The fourth-order valence-electron chi connectivity index (χ4n) is 2.89. The van der Waals surface area contributed by atoms with E-state index in [0.717, 1.165) is 30.1 Å². The highest BCUT2D eigenvalue weighted by molar-refractivity contribution is 5.73. The molecule has 0 spiro atoms. The van der Waals surface area contributed by atoms with Gasteiger partial charge in [-0.3, -0.25) is 0 Å². The Kier molecular flexibility index (Phi) is 3.83. The molecule has 1 fully saturated rings. The molecule has 1 heterocycles. The third kappa shape index (κ3) is 2.81. The summed E-state index contributed by atoms with van der Waals surface area (Å²) in [6, 6.07) is 6.33. The molecule has 1 N–H and O–H groups in total. The van der Waals surface area contributed by atoms with E-state index in [4.69, 9.17) is 9.40 Å². The molecule has 0 atom stereocenters. The van der Waals surface area contributed by atoms with Crippen LogP contribution < -0.4 is 5.32 Å². The summed E-state index contributed by atoms with van der Waals surface area (Å²) < 4.78 is 5.94. The third-order valence-electron chi connectivity index (χ3n) is 4.00. The van der Waals surface area contributed by atoms with Gasteiger partial charge in [-0.1, -0.05) is 32.3 Å². The molecule has 1 aromatic carbocycles. The maximum absolute atomic E-state index is 5.94. The van der Waals surface area contributed by atoms with Crippen molar-refractivity contribution in [1.29, 1.82) is 0 Å². The molecule has 0 amide bonds. The minimum Gasteiger partial charge on any atom is -0.440 e. The molecule has 1 aromatic heterocycles. The first-order chi connectivity index (χ1) is 9.36. The SMILES string of the molecule is CCNCc1ccc2oc(C3CCCCC3)nc2c1. The summed E-state index contributed by atoms with van der Waals surface area (Å²) >= 11 is 0. The van der Waals surface area contributed by atoms with Crippen molar-refractivity contribution in [3.8, 4) is 0 Å². The van der Waals surface area contributed by atoms with E-state index < -0.39 is 0 Å². The van der Waals surface area contributed by atoms with Gasteiger partial charge in [0.05, 0.1) is 0 Å². The van der Waals surface area contributed by atoms with Crippen LogP contribution in [0, 0.1) is 0 Å². The molecule has 0 aliphatic heterocycles. The first-order valence-corrected chi connectivity index (χ1v) is 7.47. The van der Waals surface area contributed by atoms with Crippen LogP contribution in [0.5, 0.6) is 0 Å². The average molecular weight is 258 g/mol. The Bertz CT molecular complexity index is 541. The van der Waals surface area contributed by atoms with Crippen molar-refractivity contribution in [1.82, 2.24) is 10.3 Å². The van der Waals surface area contributed by atoms with Crippen molar-refractivity contribution in [3.05, 3.63) is 29.7 Å². The molecule has 2 aromatic rings. The first kappa shape index (κ1) is 12.7. The van der Waals surface area contributed by atoms with Crippen molar-refractivity contribution in [3.63, 3.8) is 0 Å². The molecule has 102 valence electrons. The van der Waals surface area contributed by atoms with Gasteiger partial charge in [-0.25, -0.2) is 4.98 Å². The van der Waals surface area contributed by atoms with Crippen LogP contribution in [-0.2, 0) is 6.54 Å². The normalized spacial score (nSPS) is 17.1. The molecule has 1 aliphatic rings. The number of aromatic nitrogens is 1. The Morgan fingerprint density at radius 1 is 1.26 bits per heavy atom. The Morgan fingerprint density at radius 3 is 2.89 bits per heavy atom. The molecule has 19 heavy (non-hydrogen) atoms. The van der Waals surface area contributed by atoms with Crippen LogP contribution in [0.4, 0.5) is 0 Å². The average Bonchev–Trinajstić information content (AvgIpc) is 2.89. The number of rotatable bonds is 4. The van der Waals surface area contributed by atoms with Crippen LogP contribution in [0.2, 0.25) is 0 Å². The van der Waals surface area contributed by atoms with Gasteiger partial charge in [-0.2, -0.15) is 0 Å². The minimum atomic E-state index is 0.540. The Labute approximate surface area is 114 Å². The number of fused-ring (bicyclic) bond motifs is 1. The Hall–Kier alpha value is -1.35. The molecule has 0 radical (unpaired) electrons. The molecule has 3 heteroatoms. The van der Waals surface area contributed by atoms with Gasteiger partial charge in [0.1, 0.15) is 5.52 Å². The highest BCUT2D eigenvalue weighted by Gasteiger charge is 2.20. The predicted molar refractivity (Wildman–Crippen MR) is 77.2 cm³/mol. The van der Waals surface area contributed by atoms with Crippen LogP contribution in [0.3, 0.4) is 0 Å². The number of hydrogen-bond donors (Lipinski definition) is 1. The van der Waals surface area contributed by atoms with E-state index in [-0.39, 0.29) is 0 Å². The molecule has 1 aliphatic carbocycles. The van der Waals surface area contributed by atoms with Crippen molar-refractivity contribution in [2.75, 3.05) is 6.54 Å². The molecule has 3 rings (SSSR count). The van der Waals surface area contributed by atoms with E-state index in [1.54, 1.807) is 0 Å². The fraction of sp³-hybridized carbons (Fsp3) is 0.562. The van der Waals surface area contributed by atoms with Crippen LogP contribution >= 0.6 is 0 Å². The monoisotopic (exact) mass is 258 g/mol. The van der Waals surface area contributed by atoms with E-state index in [2.05, 4.69) is 30.4 Å². The maximum atomic E-state index is 5.94. The largest absolute Gasteiger partial charge is 0.440 e. The van der Waals surface area contributed by atoms with Gasteiger partial charge in [0.15, 0.2) is 11.5 Å². The zero-order valence-electron chi connectivity index (χ0n) is 11.6. The standard InChI is InChI=1S/C16H22N2O/c1-2-17-11-12-8-9-15-14(10-12)18-16(19-15)13-6-4-3-5-7-13/h8-10,13,17H,2-7,11H2,1H3. The maximum Gasteiger partial charge on any atom is 0.198 e. The minimum absolute atomic E-state index is 0.540. The predicted octanol–water partition coefficient (Wildman–Crippen LogP) is 3.99. The summed E-state index contributed by atoms with van der Waals surface area (Å²) in [6.45, 7) is 4.01. The van der Waals surface area contributed by atoms with Crippen LogP contribution in [0.15, 0.2) is 22.6 Å². The summed E-state index contributed by atoms with van der Waals surface area (Å²) in [5.41, 5.74) is 3.22. The molecule has 0 saturated heterocycles. The summed E-state index contributed by atoms with van der Waals surface area (Å²) in [7, 11) is 0. The van der Waals surface area contributed by atoms with E-state index in [9.17, 15) is 0 Å². The van der Waals surface area contributed by atoms with E-state index >= 15 is 0 Å². The quantitative estimate of drug-likeness (QED) is 0.901. The smallest absolute Gasteiger partial charge is 0.198 e. The topological polar surface area (TPSA) is 38.1 Å². The fourth-order valence-corrected chi connectivity index (χ4v) is 2.89. The van der Waals surface area contributed by atoms with Gasteiger partial charge >= 0.3 is 0 Å². The highest BCUT2D eigenvalue weighted by Crippen LogP contribution is 2.33. The first-order valence-electron chi connectivity index (χ1n) is 7.47. The van der Waals surface area contributed by atoms with Crippen molar-refractivity contribution in [2.24, 2.45) is 0 Å². The van der Waals surface area contributed by atoms with Crippen molar-refractivity contribution < 1.29 is 4.42 Å². The van der Waals surface area contributed by atoms with Crippen LogP contribution in [-0.4, -0.2) is 11.5 Å². The molecule has 0 unspecified atom stereocenters. The van der Waals surface area contributed by atoms with Gasteiger partial charge in [0.25, 0.3) is 0 Å². The lowest BCUT2D eigenvalue weighted by Gasteiger charge is -2.17. The lowest BCUT2D eigenvalue weighted by Crippen LogP contribution is -2.11. The van der Waals surface area contributed by atoms with Crippen molar-refractivity contribution >= 4 is 11.1 Å². The van der Waals surface area contributed by atoms with Gasteiger partial charge < -0.3 is 9.73 Å².